The Morgan fingerprint density at radius 1 is 1.45 bits per heavy atom. The smallest absolute Gasteiger partial charge is 0.413 e. The Labute approximate surface area is 127 Å². The normalized spacial score (nSPS) is 11.3. The van der Waals surface area contributed by atoms with Gasteiger partial charge < -0.3 is 14.8 Å². The van der Waals surface area contributed by atoms with Gasteiger partial charge in [-0.25, -0.2) is 4.79 Å². The van der Waals surface area contributed by atoms with Gasteiger partial charge in [0.2, 0.25) is 0 Å². The number of alkyl carbamates (subject to hydrolysis) is 1. The number of carbonyl (C=O) groups excluding carboxylic acids is 2. The zero-order chi connectivity index (χ0) is 15.0. The second kappa shape index (κ2) is 8.50. The third-order valence-corrected chi connectivity index (χ3v) is 2.81. The van der Waals surface area contributed by atoms with E-state index in [9.17, 15) is 9.59 Å². The molecule has 0 bridgehead atoms. The van der Waals surface area contributed by atoms with Gasteiger partial charge in [0, 0.05) is 5.02 Å². The van der Waals surface area contributed by atoms with E-state index in [0.29, 0.717) is 11.4 Å². The van der Waals surface area contributed by atoms with Crippen molar-refractivity contribution in [3.8, 4) is 0 Å². The van der Waals surface area contributed by atoms with E-state index in [4.69, 9.17) is 23.8 Å². The zero-order valence-electron chi connectivity index (χ0n) is 10.9. The van der Waals surface area contributed by atoms with E-state index in [1.165, 1.54) is 0 Å². The Bertz CT molecular complexity index is 479. The fourth-order valence-electron chi connectivity index (χ4n) is 1.47. The van der Waals surface area contributed by atoms with Crippen molar-refractivity contribution in [2.45, 2.75) is 19.4 Å². The molecule has 1 unspecified atom stereocenters. The van der Waals surface area contributed by atoms with Gasteiger partial charge in [-0.05, 0) is 43.3 Å². The number of hydrogen-bond donors (Lipinski definition) is 2. The number of rotatable bonds is 5. The summed E-state index contributed by atoms with van der Waals surface area (Å²) in [5.41, 5.74) is 0.929. The summed E-state index contributed by atoms with van der Waals surface area (Å²) < 4.78 is 4.68. The molecular weight excluding hydrogens is 300 g/mol. The summed E-state index contributed by atoms with van der Waals surface area (Å²) in [5.74, 6) is 0. The summed E-state index contributed by atoms with van der Waals surface area (Å²) in [5, 5.41) is 5.74. The number of hydrogen-bond acceptors (Lipinski definition) is 4. The van der Waals surface area contributed by atoms with Gasteiger partial charge >= 0.3 is 6.09 Å². The highest BCUT2D eigenvalue weighted by atomic mass is 35.5. The lowest BCUT2D eigenvalue weighted by Gasteiger charge is -2.15. The number of ether oxygens (including phenoxy) is 1. The number of amides is 1. The van der Waals surface area contributed by atoms with Crippen LogP contribution in [0, 0.1) is 0 Å². The molecule has 1 atom stereocenters. The van der Waals surface area contributed by atoms with Gasteiger partial charge in [-0.15, -0.1) is 0 Å². The second-order valence-corrected chi connectivity index (χ2v) is 4.74. The Morgan fingerprint density at radius 3 is 2.65 bits per heavy atom. The molecule has 0 spiro atoms. The van der Waals surface area contributed by atoms with Crippen molar-refractivity contribution in [2.24, 2.45) is 0 Å². The van der Waals surface area contributed by atoms with Crippen molar-refractivity contribution in [2.75, 3.05) is 6.61 Å². The fraction of sp³-hybridized carbons (Fsp3) is 0.308. The Morgan fingerprint density at radius 2 is 2.10 bits per heavy atom. The fourth-order valence-corrected chi connectivity index (χ4v) is 1.83. The summed E-state index contributed by atoms with van der Waals surface area (Å²) in [4.78, 5) is 22.2. The molecule has 20 heavy (non-hydrogen) atoms. The van der Waals surface area contributed by atoms with Crippen LogP contribution in [-0.4, -0.2) is 30.1 Å². The molecule has 0 saturated heterocycles. The predicted molar refractivity (Wildman–Crippen MR) is 80.9 cm³/mol. The molecule has 0 heterocycles. The standard InChI is InChI=1S/C13H15ClN2O3S/c1-2-19-13(18)16-12(20)15-11(8-17)7-9-3-5-10(14)6-4-9/h3-6,8,11H,2,7H2,1H3,(H2,15,16,18,20). The molecule has 0 aliphatic rings. The maximum atomic E-state index is 11.2. The first-order valence-corrected chi connectivity index (χ1v) is 6.77. The highest BCUT2D eigenvalue weighted by molar-refractivity contribution is 7.80. The van der Waals surface area contributed by atoms with Crippen molar-refractivity contribution in [1.29, 1.82) is 0 Å². The molecule has 0 aliphatic heterocycles. The summed E-state index contributed by atoms with van der Waals surface area (Å²) in [7, 11) is 0. The van der Waals surface area contributed by atoms with E-state index in [2.05, 4.69) is 15.4 Å². The largest absolute Gasteiger partial charge is 0.450 e. The van der Waals surface area contributed by atoms with Crippen LogP contribution in [0.4, 0.5) is 4.79 Å². The van der Waals surface area contributed by atoms with Crippen LogP contribution in [0.1, 0.15) is 12.5 Å². The molecule has 1 aromatic rings. The molecule has 108 valence electrons. The number of carbonyl (C=O) groups is 2. The monoisotopic (exact) mass is 314 g/mol. The SMILES string of the molecule is CCOC(=O)NC(=S)NC(C=O)Cc1ccc(Cl)cc1. The van der Waals surface area contributed by atoms with Crippen molar-refractivity contribution >= 4 is 41.3 Å². The minimum Gasteiger partial charge on any atom is -0.450 e. The molecule has 0 fully saturated rings. The van der Waals surface area contributed by atoms with Gasteiger partial charge in [-0.3, -0.25) is 5.32 Å². The van der Waals surface area contributed by atoms with E-state index in [0.717, 1.165) is 11.8 Å². The maximum Gasteiger partial charge on any atom is 0.413 e. The average Bonchev–Trinajstić information content (AvgIpc) is 2.40. The number of nitrogens with one attached hydrogen (secondary N) is 2. The molecule has 0 aromatic heterocycles. The van der Waals surface area contributed by atoms with E-state index in [1.807, 2.05) is 12.1 Å². The van der Waals surface area contributed by atoms with Crippen molar-refractivity contribution < 1.29 is 14.3 Å². The number of benzene rings is 1. The van der Waals surface area contributed by atoms with Gasteiger partial charge in [0.15, 0.2) is 5.11 Å². The van der Waals surface area contributed by atoms with Gasteiger partial charge in [0.05, 0.1) is 12.6 Å². The number of halogens is 1. The lowest BCUT2D eigenvalue weighted by atomic mass is 10.1. The molecule has 7 heteroatoms. The molecular formula is C13H15ClN2O3S. The number of thiocarbonyl (C=S) groups is 1. The molecule has 2 N–H and O–H groups in total. The van der Waals surface area contributed by atoms with Crippen LogP contribution in [0.25, 0.3) is 0 Å². The van der Waals surface area contributed by atoms with Crippen LogP contribution >= 0.6 is 23.8 Å². The Hall–Kier alpha value is -1.66. The van der Waals surface area contributed by atoms with Crippen LogP contribution in [-0.2, 0) is 16.0 Å². The summed E-state index contributed by atoms with van der Waals surface area (Å²) >= 11 is 10.7. The molecule has 1 amide bonds. The van der Waals surface area contributed by atoms with Crippen LogP contribution in [0.3, 0.4) is 0 Å². The minimum atomic E-state index is -0.652. The van der Waals surface area contributed by atoms with E-state index in [1.54, 1.807) is 19.1 Å². The van der Waals surface area contributed by atoms with Crippen LogP contribution in [0.5, 0.6) is 0 Å². The molecule has 0 radical (unpaired) electrons. The molecule has 1 aromatic carbocycles. The van der Waals surface area contributed by atoms with E-state index in [-0.39, 0.29) is 11.7 Å². The number of aldehydes is 1. The summed E-state index contributed by atoms with van der Waals surface area (Å²) in [6, 6.07) is 6.60. The van der Waals surface area contributed by atoms with Crippen molar-refractivity contribution in [1.82, 2.24) is 10.6 Å². The minimum absolute atomic E-state index is 0.0505. The molecule has 5 nitrogen and oxygen atoms in total. The summed E-state index contributed by atoms with van der Waals surface area (Å²) in [6.07, 6.45) is 0.514. The average molecular weight is 315 g/mol. The van der Waals surface area contributed by atoms with Crippen LogP contribution in [0.15, 0.2) is 24.3 Å². The third kappa shape index (κ3) is 5.99. The highest BCUT2D eigenvalue weighted by Crippen LogP contribution is 2.10. The third-order valence-electron chi connectivity index (χ3n) is 2.34. The summed E-state index contributed by atoms with van der Waals surface area (Å²) in [6.45, 7) is 1.93. The van der Waals surface area contributed by atoms with Crippen molar-refractivity contribution in [3.05, 3.63) is 34.9 Å². The van der Waals surface area contributed by atoms with Gasteiger partial charge in [-0.2, -0.15) is 0 Å². The highest BCUT2D eigenvalue weighted by Gasteiger charge is 2.12. The topological polar surface area (TPSA) is 67.4 Å². The first-order chi connectivity index (χ1) is 9.55. The Kier molecular flexibility index (Phi) is 6.97. The quantitative estimate of drug-likeness (QED) is 0.643. The van der Waals surface area contributed by atoms with E-state index >= 15 is 0 Å². The second-order valence-electron chi connectivity index (χ2n) is 3.89. The lowest BCUT2D eigenvalue weighted by Crippen LogP contribution is -2.46. The molecule has 1 rings (SSSR count). The van der Waals surface area contributed by atoms with Gasteiger partial charge in [0.25, 0.3) is 0 Å². The van der Waals surface area contributed by atoms with Crippen LogP contribution in [0.2, 0.25) is 5.02 Å². The lowest BCUT2D eigenvalue weighted by molar-refractivity contribution is -0.109. The van der Waals surface area contributed by atoms with Gasteiger partial charge in [-0.1, -0.05) is 23.7 Å². The Balaban J connectivity index is 2.50. The molecule has 0 saturated carbocycles. The van der Waals surface area contributed by atoms with Crippen LogP contribution < -0.4 is 10.6 Å². The molecule has 0 aliphatic carbocycles. The first kappa shape index (κ1) is 16.4. The maximum absolute atomic E-state index is 11.2. The first-order valence-electron chi connectivity index (χ1n) is 5.99. The zero-order valence-corrected chi connectivity index (χ0v) is 12.5. The van der Waals surface area contributed by atoms with Crippen molar-refractivity contribution in [3.63, 3.8) is 0 Å². The van der Waals surface area contributed by atoms with Gasteiger partial charge in [0.1, 0.15) is 6.29 Å². The predicted octanol–water partition coefficient (Wildman–Crippen LogP) is 2.07. The van der Waals surface area contributed by atoms with E-state index < -0.39 is 12.1 Å².